The molecule has 0 bridgehead atoms. The van der Waals surface area contributed by atoms with Gasteiger partial charge in [0.05, 0.1) is 4.88 Å². The summed E-state index contributed by atoms with van der Waals surface area (Å²) in [6.45, 7) is 4.51. The van der Waals surface area contributed by atoms with Gasteiger partial charge in [0.1, 0.15) is 11.6 Å². The molecular formula is C17H20FN7O2S. The molecule has 0 spiro atoms. The summed E-state index contributed by atoms with van der Waals surface area (Å²) >= 11 is 1.16. The lowest BCUT2D eigenvalue weighted by molar-refractivity contribution is -0.114. The van der Waals surface area contributed by atoms with Gasteiger partial charge in [0.15, 0.2) is 5.13 Å². The lowest BCUT2D eigenvalue weighted by atomic mass is 10.2. The Labute approximate surface area is 164 Å². The van der Waals surface area contributed by atoms with Crippen molar-refractivity contribution in [2.24, 2.45) is 7.05 Å². The zero-order chi connectivity index (χ0) is 19.8. The first-order chi connectivity index (χ1) is 13.4. The van der Waals surface area contributed by atoms with Gasteiger partial charge in [0.25, 0.3) is 0 Å². The van der Waals surface area contributed by atoms with Crippen LogP contribution in [0, 0.1) is 5.95 Å². The summed E-state index contributed by atoms with van der Waals surface area (Å²) in [5.74, 6) is -0.306. The molecule has 1 N–H and O–H groups in total. The molecule has 1 aliphatic heterocycles. The van der Waals surface area contributed by atoms with Crippen molar-refractivity contribution in [1.82, 2.24) is 29.9 Å². The normalized spacial score (nSPS) is 20.0. The van der Waals surface area contributed by atoms with E-state index >= 15 is 0 Å². The van der Waals surface area contributed by atoms with Crippen molar-refractivity contribution in [1.29, 1.82) is 0 Å². The molecule has 2 atom stereocenters. The minimum Gasteiger partial charge on any atom is -0.473 e. The Morgan fingerprint density at radius 2 is 2.25 bits per heavy atom. The summed E-state index contributed by atoms with van der Waals surface area (Å²) in [5, 5.41) is 10.8. The molecule has 11 heteroatoms. The van der Waals surface area contributed by atoms with Crippen molar-refractivity contribution < 1.29 is 13.9 Å². The number of ether oxygens (including phenoxy) is 1. The first kappa shape index (κ1) is 18.7. The highest BCUT2D eigenvalue weighted by Crippen LogP contribution is 2.28. The summed E-state index contributed by atoms with van der Waals surface area (Å²) in [7, 11) is 1.81. The number of halogens is 1. The first-order valence-corrected chi connectivity index (χ1v) is 9.70. The quantitative estimate of drug-likeness (QED) is 0.693. The average molecular weight is 405 g/mol. The molecule has 0 aromatic carbocycles. The van der Waals surface area contributed by atoms with E-state index in [4.69, 9.17) is 4.74 Å². The van der Waals surface area contributed by atoms with E-state index in [0.717, 1.165) is 23.3 Å². The van der Waals surface area contributed by atoms with Crippen molar-refractivity contribution in [2.75, 3.05) is 11.9 Å². The first-order valence-electron chi connectivity index (χ1n) is 8.89. The maximum absolute atomic E-state index is 14.1. The summed E-state index contributed by atoms with van der Waals surface area (Å²) in [5.41, 5.74) is 1.38. The number of pyridine rings is 1. The van der Waals surface area contributed by atoms with Gasteiger partial charge in [-0.1, -0.05) is 16.6 Å². The van der Waals surface area contributed by atoms with E-state index in [-0.39, 0.29) is 23.2 Å². The second-order valence-electron chi connectivity index (χ2n) is 6.87. The Morgan fingerprint density at radius 1 is 1.43 bits per heavy atom. The minimum absolute atomic E-state index is 0.0533. The smallest absolute Gasteiger partial charge is 0.230 e. The Bertz CT molecular complexity index is 1020. The Hall–Kier alpha value is -2.66. The number of nitrogens with zero attached hydrogens (tertiary/aromatic N) is 6. The van der Waals surface area contributed by atoms with Crippen LogP contribution in [0.5, 0.6) is 5.88 Å². The predicted molar refractivity (Wildman–Crippen MR) is 102 cm³/mol. The highest BCUT2D eigenvalue weighted by Gasteiger charge is 2.32. The van der Waals surface area contributed by atoms with Crippen LogP contribution in [0.2, 0.25) is 0 Å². The van der Waals surface area contributed by atoms with Crippen LogP contribution in [0.4, 0.5) is 9.52 Å². The molecule has 4 rings (SSSR count). The second-order valence-corrected chi connectivity index (χ2v) is 7.96. The monoisotopic (exact) mass is 405 g/mol. The van der Waals surface area contributed by atoms with E-state index in [0.29, 0.717) is 29.5 Å². The van der Waals surface area contributed by atoms with Crippen molar-refractivity contribution >= 4 is 33.5 Å². The van der Waals surface area contributed by atoms with Gasteiger partial charge in [-0.3, -0.25) is 9.69 Å². The van der Waals surface area contributed by atoms with E-state index in [1.54, 1.807) is 4.68 Å². The molecule has 1 aliphatic rings. The number of aryl methyl sites for hydroxylation is 1. The van der Waals surface area contributed by atoms with Gasteiger partial charge in [0, 0.05) is 45.6 Å². The number of anilines is 1. The van der Waals surface area contributed by atoms with Gasteiger partial charge < -0.3 is 10.1 Å². The van der Waals surface area contributed by atoms with E-state index < -0.39 is 5.95 Å². The number of amides is 1. The van der Waals surface area contributed by atoms with Gasteiger partial charge >= 0.3 is 0 Å². The second kappa shape index (κ2) is 7.40. The number of aromatic nitrogens is 5. The SMILES string of the molecule is CC(=O)Nc1nc(F)c(CN2C[C@H](Oc3ccc4c(nnn4C)n3)C[C@@H]2C)s1. The highest BCUT2D eigenvalue weighted by molar-refractivity contribution is 7.15. The third-order valence-electron chi connectivity index (χ3n) is 4.68. The number of nitrogens with one attached hydrogen (secondary N) is 1. The number of carbonyl (C=O) groups excluding carboxylic acids is 1. The van der Waals surface area contributed by atoms with Gasteiger partial charge in [-0.05, 0) is 13.0 Å². The largest absolute Gasteiger partial charge is 0.473 e. The van der Waals surface area contributed by atoms with E-state index in [1.165, 1.54) is 6.92 Å². The molecule has 9 nitrogen and oxygen atoms in total. The number of likely N-dealkylation sites (tertiary alicyclic amines) is 1. The number of fused-ring (bicyclic) bond motifs is 1. The number of rotatable bonds is 5. The molecule has 0 saturated carbocycles. The molecule has 1 saturated heterocycles. The third kappa shape index (κ3) is 3.80. The molecule has 0 aliphatic carbocycles. The molecule has 3 aromatic rings. The minimum atomic E-state index is -0.542. The zero-order valence-corrected chi connectivity index (χ0v) is 16.5. The number of hydrogen-bond acceptors (Lipinski definition) is 8. The van der Waals surface area contributed by atoms with Crippen LogP contribution in [-0.4, -0.2) is 54.5 Å². The molecular weight excluding hydrogens is 385 g/mol. The lowest BCUT2D eigenvalue weighted by Gasteiger charge is -2.19. The fourth-order valence-corrected chi connectivity index (χ4v) is 4.23. The average Bonchev–Trinajstić information content (AvgIpc) is 3.26. The number of hydrogen-bond donors (Lipinski definition) is 1. The van der Waals surface area contributed by atoms with Crippen molar-refractivity contribution in [3.8, 4) is 5.88 Å². The van der Waals surface area contributed by atoms with Crippen LogP contribution in [0.1, 0.15) is 25.1 Å². The molecule has 1 fully saturated rings. The molecule has 28 heavy (non-hydrogen) atoms. The molecule has 4 heterocycles. The van der Waals surface area contributed by atoms with Gasteiger partial charge in [0.2, 0.25) is 23.4 Å². The fourth-order valence-electron chi connectivity index (χ4n) is 3.31. The summed E-state index contributed by atoms with van der Waals surface area (Å²) in [6, 6.07) is 3.90. The van der Waals surface area contributed by atoms with Crippen LogP contribution in [-0.2, 0) is 18.4 Å². The van der Waals surface area contributed by atoms with Crippen molar-refractivity contribution in [3.63, 3.8) is 0 Å². The summed E-state index contributed by atoms with van der Waals surface area (Å²) in [6.07, 6.45) is 0.751. The van der Waals surface area contributed by atoms with Crippen LogP contribution in [0.15, 0.2) is 12.1 Å². The van der Waals surface area contributed by atoms with Gasteiger partial charge in [-0.25, -0.2) is 4.68 Å². The van der Waals surface area contributed by atoms with E-state index in [1.807, 2.05) is 19.2 Å². The van der Waals surface area contributed by atoms with Crippen molar-refractivity contribution in [2.45, 2.75) is 39.0 Å². The standard InChI is InChI=1S/C17H20FN7O2S/c1-9-6-11(27-14-5-4-12-16(20-14)22-23-24(12)3)7-25(9)8-13-15(18)21-17(28-13)19-10(2)26/h4-5,9,11H,6-8H2,1-3H3,(H,19,21,26)/t9-,11+/m0/s1. The highest BCUT2D eigenvalue weighted by atomic mass is 32.1. The molecule has 3 aromatic heterocycles. The number of thiazole rings is 1. The van der Waals surface area contributed by atoms with Crippen molar-refractivity contribution in [3.05, 3.63) is 23.0 Å². The fraction of sp³-hybridized carbons (Fsp3) is 0.471. The van der Waals surface area contributed by atoms with Gasteiger partial charge in [-0.15, -0.1) is 5.10 Å². The van der Waals surface area contributed by atoms with Crippen LogP contribution >= 0.6 is 11.3 Å². The lowest BCUT2D eigenvalue weighted by Crippen LogP contribution is -2.28. The Morgan fingerprint density at radius 3 is 3.04 bits per heavy atom. The van der Waals surface area contributed by atoms with Crippen LogP contribution < -0.4 is 10.1 Å². The molecule has 0 radical (unpaired) electrons. The topological polar surface area (TPSA) is 98.1 Å². The summed E-state index contributed by atoms with van der Waals surface area (Å²) < 4.78 is 21.8. The molecule has 1 amide bonds. The van der Waals surface area contributed by atoms with Gasteiger partial charge in [-0.2, -0.15) is 14.4 Å². The third-order valence-corrected chi connectivity index (χ3v) is 5.61. The maximum atomic E-state index is 14.1. The molecule has 0 unspecified atom stereocenters. The predicted octanol–water partition coefficient (Wildman–Crippen LogP) is 1.96. The Kier molecular flexibility index (Phi) is 4.94. The van der Waals surface area contributed by atoms with Crippen LogP contribution in [0.25, 0.3) is 11.2 Å². The van der Waals surface area contributed by atoms with E-state index in [2.05, 4.69) is 37.4 Å². The molecule has 148 valence electrons. The maximum Gasteiger partial charge on any atom is 0.230 e. The summed E-state index contributed by atoms with van der Waals surface area (Å²) in [4.78, 5) is 21.9. The van der Waals surface area contributed by atoms with Crippen LogP contribution in [0.3, 0.4) is 0 Å². The van der Waals surface area contributed by atoms with E-state index in [9.17, 15) is 9.18 Å². The zero-order valence-electron chi connectivity index (χ0n) is 15.7. The number of carbonyl (C=O) groups is 1. The Balaban J connectivity index is 1.41.